The first-order valence-electron chi connectivity index (χ1n) is 5.45. The van der Waals surface area contributed by atoms with Crippen molar-refractivity contribution in [2.24, 2.45) is 5.41 Å². The van der Waals surface area contributed by atoms with Crippen molar-refractivity contribution in [3.63, 3.8) is 0 Å². The van der Waals surface area contributed by atoms with E-state index in [2.05, 4.69) is 6.58 Å². The summed E-state index contributed by atoms with van der Waals surface area (Å²) < 4.78 is 0. The van der Waals surface area contributed by atoms with Gasteiger partial charge in [0, 0.05) is 0 Å². The lowest BCUT2D eigenvalue weighted by Crippen LogP contribution is -2.30. The zero-order valence-corrected chi connectivity index (χ0v) is 9.01. The van der Waals surface area contributed by atoms with E-state index in [-0.39, 0.29) is 0 Å². The third-order valence-electron chi connectivity index (χ3n) is 3.15. The van der Waals surface area contributed by atoms with Gasteiger partial charge in [-0.25, -0.2) is 0 Å². The first-order chi connectivity index (χ1) is 6.57. The number of carboxylic acids is 1. The van der Waals surface area contributed by atoms with Crippen LogP contribution in [0.3, 0.4) is 0 Å². The molecule has 0 heterocycles. The zero-order valence-electron chi connectivity index (χ0n) is 9.01. The molecule has 1 fully saturated rings. The van der Waals surface area contributed by atoms with Gasteiger partial charge in [0.2, 0.25) is 0 Å². The van der Waals surface area contributed by atoms with E-state index in [4.69, 9.17) is 0 Å². The van der Waals surface area contributed by atoms with Crippen molar-refractivity contribution in [2.75, 3.05) is 0 Å². The second kappa shape index (κ2) is 4.63. The number of allylic oxidation sites excluding steroid dienone is 1. The van der Waals surface area contributed by atoms with E-state index < -0.39 is 11.4 Å². The highest BCUT2D eigenvalue weighted by molar-refractivity contribution is 5.75. The Hall–Kier alpha value is -0.790. The van der Waals surface area contributed by atoms with E-state index in [1.54, 1.807) is 0 Å². The minimum atomic E-state index is -0.623. The van der Waals surface area contributed by atoms with Gasteiger partial charge in [0.05, 0.1) is 5.41 Å². The van der Waals surface area contributed by atoms with Gasteiger partial charge in [0.1, 0.15) is 0 Å². The Morgan fingerprint density at radius 1 is 1.29 bits per heavy atom. The molecule has 0 bridgehead atoms. The van der Waals surface area contributed by atoms with E-state index in [1.807, 2.05) is 6.92 Å². The summed E-state index contributed by atoms with van der Waals surface area (Å²) >= 11 is 0. The highest BCUT2D eigenvalue weighted by Crippen LogP contribution is 2.40. The molecule has 0 radical (unpaired) electrons. The molecule has 0 aliphatic heterocycles. The van der Waals surface area contributed by atoms with Gasteiger partial charge in [-0.15, -0.1) is 6.58 Å². The fourth-order valence-electron chi connectivity index (χ4n) is 2.45. The third-order valence-corrected chi connectivity index (χ3v) is 3.15. The lowest BCUT2D eigenvalue weighted by atomic mass is 9.76. The van der Waals surface area contributed by atoms with Crippen molar-refractivity contribution in [3.8, 4) is 0 Å². The summed E-state index contributed by atoms with van der Waals surface area (Å²) in [5.74, 6) is -0.623. The van der Waals surface area contributed by atoms with Crippen LogP contribution in [0.25, 0.3) is 0 Å². The predicted octanol–water partition coefficient (Wildman–Crippen LogP) is 3.38. The molecule has 0 amide bonds. The Morgan fingerprint density at radius 2 is 1.79 bits per heavy atom. The maximum absolute atomic E-state index is 11.3. The predicted molar refractivity (Wildman–Crippen MR) is 57.2 cm³/mol. The molecule has 0 spiro atoms. The number of carbonyl (C=O) groups is 1. The first kappa shape index (κ1) is 11.3. The molecule has 80 valence electrons. The van der Waals surface area contributed by atoms with Gasteiger partial charge >= 0.3 is 5.97 Å². The molecule has 1 rings (SSSR count). The van der Waals surface area contributed by atoms with Crippen LogP contribution in [0.2, 0.25) is 0 Å². The minimum absolute atomic E-state index is 0.498. The van der Waals surface area contributed by atoms with Gasteiger partial charge in [0.15, 0.2) is 0 Å². The monoisotopic (exact) mass is 196 g/mol. The van der Waals surface area contributed by atoms with Crippen LogP contribution in [0.5, 0.6) is 0 Å². The average molecular weight is 196 g/mol. The van der Waals surface area contributed by atoms with Gasteiger partial charge in [-0.2, -0.15) is 0 Å². The SMILES string of the molecule is C=C(C)CC1(C(=O)O)CCCCCC1. The molecule has 0 aromatic rings. The topological polar surface area (TPSA) is 37.3 Å². The summed E-state index contributed by atoms with van der Waals surface area (Å²) in [7, 11) is 0. The molecule has 0 saturated heterocycles. The molecule has 1 aliphatic rings. The molecule has 0 unspecified atom stereocenters. The van der Waals surface area contributed by atoms with Crippen LogP contribution in [0.15, 0.2) is 12.2 Å². The van der Waals surface area contributed by atoms with Gasteiger partial charge in [0.25, 0.3) is 0 Å². The van der Waals surface area contributed by atoms with E-state index in [9.17, 15) is 9.90 Å². The van der Waals surface area contributed by atoms with E-state index in [0.717, 1.165) is 31.3 Å². The van der Waals surface area contributed by atoms with Crippen LogP contribution in [-0.2, 0) is 4.79 Å². The maximum Gasteiger partial charge on any atom is 0.309 e. The van der Waals surface area contributed by atoms with Crippen molar-refractivity contribution in [2.45, 2.75) is 51.9 Å². The van der Waals surface area contributed by atoms with Gasteiger partial charge in [-0.05, 0) is 26.2 Å². The van der Waals surface area contributed by atoms with Gasteiger partial charge in [-0.1, -0.05) is 31.3 Å². The quantitative estimate of drug-likeness (QED) is 0.555. The molecular formula is C12H20O2. The molecule has 1 saturated carbocycles. The number of hydrogen-bond donors (Lipinski definition) is 1. The standard InChI is InChI=1S/C12H20O2/c1-10(2)9-12(11(13)14)7-5-3-4-6-8-12/h1,3-9H2,2H3,(H,13,14). The van der Waals surface area contributed by atoms with Crippen LogP contribution >= 0.6 is 0 Å². The normalized spacial score (nSPS) is 21.2. The van der Waals surface area contributed by atoms with Gasteiger partial charge in [-0.3, -0.25) is 4.79 Å². The highest BCUT2D eigenvalue weighted by atomic mass is 16.4. The Balaban J connectivity index is 2.77. The smallest absolute Gasteiger partial charge is 0.309 e. The molecule has 1 N–H and O–H groups in total. The summed E-state index contributed by atoms with van der Waals surface area (Å²) in [5, 5.41) is 9.32. The van der Waals surface area contributed by atoms with Crippen LogP contribution in [-0.4, -0.2) is 11.1 Å². The second-order valence-corrected chi connectivity index (χ2v) is 4.63. The fourth-order valence-corrected chi connectivity index (χ4v) is 2.45. The van der Waals surface area contributed by atoms with Crippen molar-refractivity contribution >= 4 is 5.97 Å². The number of rotatable bonds is 3. The first-order valence-corrected chi connectivity index (χ1v) is 5.45. The minimum Gasteiger partial charge on any atom is -0.481 e. The average Bonchev–Trinajstić information content (AvgIpc) is 2.29. The van der Waals surface area contributed by atoms with Crippen molar-refractivity contribution in [1.29, 1.82) is 0 Å². The summed E-state index contributed by atoms with van der Waals surface area (Å²) in [5.41, 5.74) is 0.497. The van der Waals surface area contributed by atoms with E-state index in [0.29, 0.717) is 6.42 Å². The number of hydrogen-bond acceptors (Lipinski definition) is 1. The summed E-state index contributed by atoms with van der Waals surface area (Å²) in [4.78, 5) is 11.3. The largest absolute Gasteiger partial charge is 0.481 e. The Kier molecular flexibility index (Phi) is 3.73. The lowest BCUT2D eigenvalue weighted by molar-refractivity contribution is -0.149. The van der Waals surface area contributed by atoms with Crippen LogP contribution in [0, 0.1) is 5.41 Å². The third kappa shape index (κ3) is 2.60. The van der Waals surface area contributed by atoms with Crippen molar-refractivity contribution in [3.05, 3.63) is 12.2 Å². The fraction of sp³-hybridized carbons (Fsp3) is 0.750. The molecular weight excluding hydrogens is 176 g/mol. The maximum atomic E-state index is 11.3. The summed E-state index contributed by atoms with van der Waals surface area (Å²) in [6, 6.07) is 0. The molecule has 2 heteroatoms. The summed E-state index contributed by atoms with van der Waals surface area (Å²) in [6.45, 7) is 5.77. The van der Waals surface area contributed by atoms with Crippen LogP contribution in [0.4, 0.5) is 0 Å². The van der Waals surface area contributed by atoms with Gasteiger partial charge < -0.3 is 5.11 Å². The Bertz CT molecular complexity index is 222. The van der Waals surface area contributed by atoms with Crippen LogP contribution < -0.4 is 0 Å². The molecule has 0 aromatic carbocycles. The molecule has 1 aliphatic carbocycles. The molecule has 2 nitrogen and oxygen atoms in total. The van der Waals surface area contributed by atoms with Crippen LogP contribution in [0.1, 0.15) is 51.9 Å². The number of carboxylic acid groups (broad SMARTS) is 1. The van der Waals surface area contributed by atoms with E-state index in [1.165, 1.54) is 12.8 Å². The molecule has 0 atom stereocenters. The Morgan fingerprint density at radius 3 is 2.14 bits per heavy atom. The van der Waals surface area contributed by atoms with Crippen molar-refractivity contribution in [1.82, 2.24) is 0 Å². The highest BCUT2D eigenvalue weighted by Gasteiger charge is 2.38. The zero-order chi connectivity index (χ0) is 10.6. The van der Waals surface area contributed by atoms with Crippen molar-refractivity contribution < 1.29 is 9.90 Å². The van der Waals surface area contributed by atoms with E-state index >= 15 is 0 Å². The summed E-state index contributed by atoms with van der Waals surface area (Å²) in [6.07, 6.45) is 6.79. The lowest BCUT2D eigenvalue weighted by Gasteiger charge is -2.28. The molecule has 14 heavy (non-hydrogen) atoms. The number of aliphatic carboxylic acids is 1. The molecule has 0 aromatic heterocycles. The Labute approximate surface area is 86.0 Å². The second-order valence-electron chi connectivity index (χ2n) is 4.63.